The van der Waals surface area contributed by atoms with Gasteiger partial charge in [0.1, 0.15) is 0 Å². The molecule has 158 valence electrons. The molecule has 3 rings (SSSR count). The number of aryl methyl sites for hydroxylation is 1. The van der Waals surface area contributed by atoms with Gasteiger partial charge in [-0.3, -0.25) is 0 Å². The number of methoxy groups -OCH3 is 1. The molecule has 0 unspecified atom stereocenters. The molecule has 0 bridgehead atoms. The van der Waals surface area contributed by atoms with Crippen LogP contribution in [-0.2, 0) is 10.8 Å². The van der Waals surface area contributed by atoms with Crippen LogP contribution < -0.4 is 15.1 Å². The fourth-order valence-corrected chi connectivity index (χ4v) is 8.75. The van der Waals surface area contributed by atoms with Gasteiger partial charge in [0, 0.05) is 6.61 Å². The first kappa shape index (κ1) is 22.1. The molecule has 0 aliphatic heterocycles. The number of benzene rings is 3. The van der Waals surface area contributed by atoms with Gasteiger partial charge in [-0.2, -0.15) is 0 Å². The number of phenols is 1. The van der Waals surface area contributed by atoms with Crippen LogP contribution in [0, 0.1) is 0 Å². The van der Waals surface area contributed by atoms with Gasteiger partial charge in [-0.15, -0.1) is 0 Å². The van der Waals surface area contributed by atoms with Crippen LogP contribution in [0.25, 0.3) is 0 Å². The Morgan fingerprint density at radius 3 is 1.90 bits per heavy atom. The molecule has 0 spiro atoms. The number of aromatic hydroxyl groups is 1. The average molecular weight is 421 g/mol. The minimum atomic E-state index is -2.48. The summed E-state index contributed by atoms with van der Waals surface area (Å²) >= 11 is 0. The van der Waals surface area contributed by atoms with Gasteiger partial charge in [0.05, 0.1) is 7.11 Å². The smallest absolute Gasteiger partial charge is 0.261 e. The molecule has 0 aliphatic carbocycles. The van der Waals surface area contributed by atoms with Crippen molar-refractivity contribution in [1.82, 2.24) is 0 Å². The van der Waals surface area contributed by atoms with Crippen LogP contribution in [0.2, 0.25) is 5.04 Å². The predicted molar refractivity (Wildman–Crippen MR) is 127 cm³/mol. The molecule has 0 aromatic heterocycles. The van der Waals surface area contributed by atoms with Crippen molar-refractivity contribution in [2.75, 3.05) is 13.7 Å². The van der Waals surface area contributed by atoms with Crippen molar-refractivity contribution in [1.29, 1.82) is 0 Å². The fourth-order valence-electron chi connectivity index (χ4n) is 4.14. The Labute approximate surface area is 181 Å². The molecular formula is C26H32O3Si. The van der Waals surface area contributed by atoms with E-state index in [-0.39, 0.29) is 10.8 Å². The lowest BCUT2D eigenvalue weighted by Crippen LogP contribution is -2.66. The first-order chi connectivity index (χ1) is 14.4. The molecule has 30 heavy (non-hydrogen) atoms. The Hall–Kier alpha value is -2.56. The van der Waals surface area contributed by atoms with E-state index in [0.29, 0.717) is 12.4 Å². The van der Waals surface area contributed by atoms with Gasteiger partial charge >= 0.3 is 0 Å². The SMILES string of the molecule is COc1cc(CCCO[Si](c2ccccc2)(c2ccccc2)C(C)(C)C)ccc1O. The Kier molecular flexibility index (Phi) is 7.01. The maximum Gasteiger partial charge on any atom is 0.261 e. The molecule has 0 atom stereocenters. The lowest BCUT2D eigenvalue weighted by Gasteiger charge is -2.43. The largest absolute Gasteiger partial charge is 0.504 e. The molecule has 0 heterocycles. The topological polar surface area (TPSA) is 38.7 Å². The molecule has 0 radical (unpaired) electrons. The van der Waals surface area contributed by atoms with Gasteiger partial charge in [0.25, 0.3) is 8.32 Å². The number of ether oxygens (including phenoxy) is 1. The molecule has 0 saturated heterocycles. The van der Waals surface area contributed by atoms with Gasteiger partial charge < -0.3 is 14.3 Å². The molecule has 3 nitrogen and oxygen atoms in total. The van der Waals surface area contributed by atoms with Crippen molar-refractivity contribution in [3.63, 3.8) is 0 Å². The lowest BCUT2D eigenvalue weighted by molar-refractivity contribution is 0.292. The highest BCUT2D eigenvalue weighted by Gasteiger charge is 2.49. The Bertz CT molecular complexity index is 894. The number of rotatable bonds is 8. The van der Waals surface area contributed by atoms with Gasteiger partial charge in [0.2, 0.25) is 0 Å². The van der Waals surface area contributed by atoms with Crippen molar-refractivity contribution in [3.05, 3.63) is 84.4 Å². The zero-order valence-corrected chi connectivity index (χ0v) is 19.4. The van der Waals surface area contributed by atoms with Crippen LogP contribution in [0.4, 0.5) is 0 Å². The third-order valence-electron chi connectivity index (χ3n) is 5.59. The van der Waals surface area contributed by atoms with E-state index in [1.54, 1.807) is 13.2 Å². The van der Waals surface area contributed by atoms with Gasteiger partial charge in [-0.25, -0.2) is 0 Å². The molecule has 3 aromatic carbocycles. The minimum Gasteiger partial charge on any atom is -0.504 e. The highest BCUT2D eigenvalue weighted by atomic mass is 28.4. The van der Waals surface area contributed by atoms with Crippen LogP contribution >= 0.6 is 0 Å². The quantitative estimate of drug-likeness (QED) is 0.416. The van der Waals surface area contributed by atoms with Crippen molar-refractivity contribution in [2.45, 2.75) is 38.7 Å². The number of hydrogen-bond donors (Lipinski definition) is 1. The zero-order valence-electron chi connectivity index (χ0n) is 18.4. The van der Waals surface area contributed by atoms with Gasteiger partial charge in [0.15, 0.2) is 11.5 Å². The minimum absolute atomic E-state index is 0.0164. The van der Waals surface area contributed by atoms with E-state index >= 15 is 0 Å². The molecule has 0 aliphatic rings. The second-order valence-corrected chi connectivity index (χ2v) is 12.9. The Morgan fingerprint density at radius 2 is 1.40 bits per heavy atom. The summed E-state index contributed by atoms with van der Waals surface area (Å²) in [6, 6.07) is 27.0. The van der Waals surface area contributed by atoms with Gasteiger partial charge in [-0.05, 0) is 45.9 Å². The van der Waals surface area contributed by atoms with E-state index in [1.807, 2.05) is 12.1 Å². The van der Waals surface area contributed by atoms with Crippen LogP contribution in [0.1, 0.15) is 32.8 Å². The van der Waals surface area contributed by atoms with E-state index in [0.717, 1.165) is 18.4 Å². The van der Waals surface area contributed by atoms with Crippen molar-refractivity contribution in [2.24, 2.45) is 0 Å². The molecule has 0 amide bonds. The number of phenolic OH excluding ortho intramolecular Hbond substituents is 1. The monoisotopic (exact) mass is 420 g/mol. The maximum absolute atomic E-state index is 9.81. The zero-order chi connectivity index (χ0) is 21.6. The second-order valence-electron chi connectivity index (χ2n) is 8.62. The Balaban J connectivity index is 1.85. The van der Waals surface area contributed by atoms with E-state index in [2.05, 4.69) is 81.4 Å². The molecule has 3 aromatic rings. The van der Waals surface area contributed by atoms with Crippen molar-refractivity contribution in [3.8, 4) is 11.5 Å². The van der Waals surface area contributed by atoms with Crippen molar-refractivity contribution < 1.29 is 14.3 Å². The number of hydrogen-bond acceptors (Lipinski definition) is 3. The normalized spacial score (nSPS) is 12.0. The second kappa shape index (κ2) is 9.50. The van der Waals surface area contributed by atoms with E-state index in [1.165, 1.54) is 10.4 Å². The molecule has 4 heteroatoms. The summed E-state index contributed by atoms with van der Waals surface area (Å²) in [5.74, 6) is 0.685. The summed E-state index contributed by atoms with van der Waals surface area (Å²) in [6.45, 7) is 7.56. The summed E-state index contributed by atoms with van der Waals surface area (Å²) in [6.07, 6.45) is 1.77. The third kappa shape index (κ3) is 4.60. The summed E-state index contributed by atoms with van der Waals surface area (Å²) in [5, 5.41) is 12.4. The van der Waals surface area contributed by atoms with Crippen molar-refractivity contribution >= 4 is 18.7 Å². The maximum atomic E-state index is 9.81. The molecule has 0 fully saturated rings. The van der Waals surface area contributed by atoms with E-state index in [4.69, 9.17) is 9.16 Å². The summed E-state index contributed by atoms with van der Waals surface area (Å²) < 4.78 is 12.2. The molecular weight excluding hydrogens is 388 g/mol. The summed E-state index contributed by atoms with van der Waals surface area (Å²) in [5.41, 5.74) is 1.13. The first-order valence-corrected chi connectivity index (χ1v) is 12.4. The van der Waals surface area contributed by atoms with Crippen LogP contribution in [-0.4, -0.2) is 27.1 Å². The molecule has 1 N–H and O–H groups in total. The fraction of sp³-hybridized carbons (Fsp3) is 0.308. The first-order valence-electron chi connectivity index (χ1n) is 10.5. The van der Waals surface area contributed by atoms with Crippen LogP contribution in [0.5, 0.6) is 11.5 Å². The highest BCUT2D eigenvalue weighted by molar-refractivity contribution is 6.99. The average Bonchev–Trinajstić information content (AvgIpc) is 2.75. The predicted octanol–water partition coefficient (Wildman–Crippen LogP) is 4.91. The standard InChI is InChI=1S/C26H32O3Si/c1-26(2,3)30(22-13-7-5-8-14-22,23-15-9-6-10-16-23)29-19-11-12-21-17-18-24(27)25(20-21)28-4/h5-10,13-18,20,27H,11-12,19H2,1-4H3. The van der Waals surface area contributed by atoms with Crippen LogP contribution in [0.15, 0.2) is 78.9 Å². The highest BCUT2D eigenvalue weighted by Crippen LogP contribution is 2.37. The van der Waals surface area contributed by atoms with E-state index < -0.39 is 8.32 Å². The van der Waals surface area contributed by atoms with Crippen LogP contribution in [0.3, 0.4) is 0 Å². The summed E-state index contributed by atoms with van der Waals surface area (Å²) in [4.78, 5) is 0. The van der Waals surface area contributed by atoms with E-state index in [9.17, 15) is 5.11 Å². The lowest BCUT2D eigenvalue weighted by atomic mass is 10.1. The third-order valence-corrected chi connectivity index (χ3v) is 10.6. The Morgan fingerprint density at radius 1 is 0.833 bits per heavy atom. The molecule has 0 saturated carbocycles. The van der Waals surface area contributed by atoms with Gasteiger partial charge in [-0.1, -0.05) is 87.5 Å². The summed E-state index contributed by atoms with van der Waals surface area (Å²) in [7, 11) is -0.905.